The summed E-state index contributed by atoms with van der Waals surface area (Å²) < 4.78 is 11.7. The molecule has 3 aromatic carbocycles. The van der Waals surface area contributed by atoms with Gasteiger partial charge in [0.1, 0.15) is 0 Å². The van der Waals surface area contributed by atoms with Gasteiger partial charge in [-0.1, -0.05) is 53.8 Å². The molecule has 234 valence electrons. The minimum atomic E-state index is -0.379. The number of nitrogens with one attached hydrogen (secondary N) is 2. The summed E-state index contributed by atoms with van der Waals surface area (Å²) in [5.41, 5.74) is 3.25. The van der Waals surface area contributed by atoms with E-state index < -0.39 is 0 Å². The second kappa shape index (κ2) is 11.2. The number of rotatable bonds is 7. The third-order valence-corrected chi connectivity index (χ3v) is 12.7. The highest BCUT2D eigenvalue weighted by atomic mass is 32.2. The summed E-state index contributed by atoms with van der Waals surface area (Å²) in [6.45, 7) is 1.73. The van der Waals surface area contributed by atoms with E-state index in [4.69, 9.17) is 9.47 Å². The third-order valence-electron chi connectivity index (χ3n) is 10.1. The molecule has 7 atom stereocenters. The molecule has 11 heteroatoms. The first-order chi connectivity index (χ1) is 22.3. The van der Waals surface area contributed by atoms with Gasteiger partial charge in [-0.3, -0.25) is 24.1 Å². The Morgan fingerprint density at radius 2 is 1.70 bits per heavy atom. The molecular weight excluding hydrogens is 623 g/mol. The zero-order chi connectivity index (χ0) is 31.7. The number of methoxy groups -OCH3 is 1. The number of aromatic nitrogens is 1. The highest BCUT2D eigenvalue weighted by Gasteiger charge is 2.69. The first-order valence-corrected chi connectivity index (χ1v) is 17.0. The average Bonchev–Trinajstić information content (AvgIpc) is 3.80. The number of carbonyl (C=O) groups is 3. The molecule has 9 nitrogen and oxygen atoms in total. The summed E-state index contributed by atoms with van der Waals surface area (Å²) in [6.07, 6.45) is 0.807. The molecule has 1 saturated heterocycles. The molecule has 46 heavy (non-hydrogen) atoms. The Bertz CT molecular complexity index is 1940. The molecule has 2 aliphatic heterocycles. The van der Waals surface area contributed by atoms with Crippen molar-refractivity contribution in [1.82, 2.24) is 4.98 Å². The Labute approximate surface area is 273 Å². The fourth-order valence-corrected chi connectivity index (χ4v) is 11.2. The molecule has 2 aliphatic carbocycles. The number of imide groups is 1. The van der Waals surface area contributed by atoms with E-state index in [1.54, 1.807) is 24.9 Å². The van der Waals surface area contributed by atoms with Gasteiger partial charge in [-0.15, -0.1) is 11.8 Å². The number of para-hydroxylation sites is 2. The minimum absolute atomic E-state index is 0.0000693. The molecule has 4 unspecified atom stereocenters. The number of hydrogen-bond acceptors (Lipinski definition) is 8. The fourth-order valence-electron chi connectivity index (χ4n) is 8.26. The second-order valence-corrected chi connectivity index (χ2v) is 14.6. The van der Waals surface area contributed by atoms with Crippen LogP contribution in [-0.2, 0) is 14.4 Å². The Morgan fingerprint density at radius 1 is 0.957 bits per heavy atom. The first-order valence-electron chi connectivity index (χ1n) is 15.3. The van der Waals surface area contributed by atoms with Gasteiger partial charge in [0.2, 0.25) is 11.8 Å². The third kappa shape index (κ3) is 4.51. The predicted molar refractivity (Wildman–Crippen MR) is 176 cm³/mol. The predicted octanol–water partition coefficient (Wildman–Crippen LogP) is 5.45. The molecule has 3 heterocycles. The molecule has 2 bridgehead atoms. The van der Waals surface area contributed by atoms with Gasteiger partial charge in [-0.25, -0.2) is 0 Å². The largest absolute Gasteiger partial charge is 0.493 e. The van der Waals surface area contributed by atoms with Crippen molar-refractivity contribution in [2.24, 2.45) is 29.6 Å². The molecule has 3 fully saturated rings. The van der Waals surface area contributed by atoms with E-state index in [0.29, 0.717) is 17.2 Å². The topological polar surface area (TPSA) is 118 Å². The smallest absolute Gasteiger partial charge is 0.305 e. The maximum absolute atomic E-state index is 13.9. The van der Waals surface area contributed by atoms with E-state index in [9.17, 15) is 19.2 Å². The maximum Gasteiger partial charge on any atom is 0.305 e. The second-order valence-electron chi connectivity index (χ2n) is 12.4. The summed E-state index contributed by atoms with van der Waals surface area (Å²) >= 11 is 2.87. The van der Waals surface area contributed by atoms with Crippen LogP contribution in [0.25, 0.3) is 0 Å². The van der Waals surface area contributed by atoms with Gasteiger partial charge in [0, 0.05) is 21.7 Å². The lowest BCUT2D eigenvalue weighted by Gasteiger charge is -2.43. The Morgan fingerprint density at radius 3 is 2.46 bits per heavy atom. The van der Waals surface area contributed by atoms with Crippen LogP contribution in [-0.4, -0.2) is 41.7 Å². The van der Waals surface area contributed by atoms with Crippen LogP contribution in [0.15, 0.2) is 82.6 Å². The van der Waals surface area contributed by atoms with E-state index in [0.717, 1.165) is 33.1 Å². The van der Waals surface area contributed by atoms with E-state index in [2.05, 4.69) is 10.3 Å². The Hall–Kier alpha value is -4.35. The SMILES string of the molecule is COc1cc([C@H]2c3sc(=O)[nH]c3SC3C2[C@H]2C[C@@H]3C3C(=O)N(c4ccccc4)C(=O)C32)ccc1OCC(=O)Nc1ccccc1C. The summed E-state index contributed by atoms with van der Waals surface area (Å²) in [5.74, 6) is -0.413. The van der Waals surface area contributed by atoms with Crippen molar-refractivity contribution in [3.8, 4) is 11.5 Å². The quantitative estimate of drug-likeness (QED) is 0.255. The van der Waals surface area contributed by atoms with Crippen LogP contribution in [0.2, 0.25) is 0 Å². The number of thiazole rings is 1. The summed E-state index contributed by atoms with van der Waals surface area (Å²) in [5, 5.41) is 3.80. The van der Waals surface area contributed by atoms with Crippen LogP contribution in [0.3, 0.4) is 0 Å². The number of ether oxygens (including phenoxy) is 2. The lowest BCUT2D eigenvalue weighted by Crippen LogP contribution is -2.42. The number of carbonyl (C=O) groups excluding carboxylic acids is 3. The van der Waals surface area contributed by atoms with Gasteiger partial charge in [-0.2, -0.15) is 0 Å². The number of H-pyrrole nitrogens is 1. The van der Waals surface area contributed by atoms with Crippen molar-refractivity contribution in [2.75, 3.05) is 23.9 Å². The van der Waals surface area contributed by atoms with Gasteiger partial charge in [0.05, 0.1) is 29.7 Å². The molecule has 2 N–H and O–H groups in total. The van der Waals surface area contributed by atoms with Crippen molar-refractivity contribution in [2.45, 2.75) is 29.5 Å². The molecule has 0 spiro atoms. The normalized spacial score (nSPS) is 27.3. The van der Waals surface area contributed by atoms with Crippen molar-refractivity contribution in [3.63, 3.8) is 0 Å². The van der Waals surface area contributed by atoms with Crippen molar-refractivity contribution in [1.29, 1.82) is 0 Å². The number of aromatic amines is 1. The number of benzene rings is 3. The molecule has 4 aromatic rings. The van der Waals surface area contributed by atoms with E-state index in [1.165, 1.54) is 16.2 Å². The number of thioether (sulfide) groups is 1. The van der Waals surface area contributed by atoms with Crippen molar-refractivity contribution < 1.29 is 23.9 Å². The van der Waals surface area contributed by atoms with Crippen molar-refractivity contribution >= 4 is 52.2 Å². The monoisotopic (exact) mass is 653 g/mol. The van der Waals surface area contributed by atoms with Gasteiger partial charge >= 0.3 is 4.87 Å². The summed E-state index contributed by atoms with van der Waals surface area (Å²) in [7, 11) is 1.56. The number of fused-ring (bicyclic) bond motifs is 9. The van der Waals surface area contributed by atoms with Crippen LogP contribution < -0.4 is 24.6 Å². The molecular formula is C35H31N3O6S2. The number of hydrogen-bond donors (Lipinski definition) is 2. The standard InChI is InChI=1S/C35H31N3O6S2/c1-17-8-6-7-11-22(17)36-25(39)16-44-23-13-12-18(14-24(23)43-2)26-27-20-15-21(30(27)45-32-31(26)46-35(42)37-32)29-28(20)33(40)38(34(29)41)19-9-4-3-5-10-19/h3-14,20-21,26-30H,15-16H2,1-2H3,(H,36,39)(H,37,42)/t20-,21-,26-,27?,28?,29?,30?/m1/s1. The molecule has 1 aromatic heterocycles. The fraction of sp³-hybridized carbons (Fsp3) is 0.314. The van der Waals surface area contributed by atoms with Gasteiger partial charge < -0.3 is 19.8 Å². The van der Waals surface area contributed by atoms with Crippen LogP contribution in [0.1, 0.15) is 28.3 Å². The molecule has 8 rings (SSSR count). The first kappa shape index (κ1) is 29.1. The average molecular weight is 654 g/mol. The molecule has 4 aliphatic rings. The Kier molecular flexibility index (Phi) is 7.06. The molecule has 0 radical (unpaired) electrons. The lowest BCUT2D eigenvalue weighted by atomic mass is 9.68. The minimum Gasteiger partial charge on any atom is -0.493 e. The highest BCUT2D eigenvalue weighted by molar-refractivity contribution is 8.00. The lowest BCUT2D eigenvalue weighted by molar-refractivity contribution is -0.123. The zero-order valence-corrected chi connectivity index (χ0v) is 26.7. The summed E-state index contributed by atoms with van der Waals surface area (Å²) in [6, 6.07) is 22.4. The number of aryl methyl sites for hydroxylation is 1. The highest BCUT2D eigenvalue weighted by Crippen LogP contribution is 2.68. The molecule has 3 amide bonds. The number of anilines is 2. The summed E-state index contributed by atoms with van der Waals surface area (Å²) in [4.78, 5) is 58.3. The zero-order valence-electron chi connectivity index (χ0n) is 25.1. The van der Waals surface area contributed by atoms with Gasteiger partial charge in [-0.05, 0) is 72.6 Å². The van der Waals surface area contributed by atoms with E-state index >= 15 is 0 Å². The van der Waals surface area contributed by atoms with Crippen molar-refractivity contribution in [3.05, 3.63) is 98.5 Å². The van der Waals surface area contributed by atoms with Gasteiger partial charge in [0.25, 0.3) is 5.91 Å². The Balaban J connectivity index is 1.10. The maximum atomic E-state index is 13.9. The van der Waals surface area contributed by atoms with Gasteiger partial charge in [0.15, 0.2) is 18.1 Å². The van der Waals surface area contributed by atoms with Crippen LogP contribution in [0, 0.1) is 36.5 Å². The number of nitrogens with zero attached hydrogens (tertiary/aromatic N) is 1. The van der Waals surface area contributed by atoms with Crippen LogP contribution >= 0.6 is 23.1 Å². The van der Waals surface area contributed by atoms with E-state index in [1.807, 2.05) is 73.7 Å². The van der Waals surface area contributed by atoms with Crippen LogP contribution in [0.4, 0.5) is 11.4 Å². The van der Waals surface area contributed by atoms with Crippen LogP contribution in [0.5, 0.6) is 11.5 Å². The molecule has 2 saturated carbocycles. The van der Waals surface area contributed by atoms with E-state index in [-0.39, 0.29) is 70.0 Å². The number of amides is 3.